The number of piperazine rings is 1. The number of aromatic nitrogens is 3. The molecule has 1 N–H and O–H groups in total. The van der Waals surface area contributed by atoms with E-state index in [1.165, 1.54) is 0 Å². The SMILES string of the molecule is CC(C)OC(=O)N1CCN(C2c3ccc(Cl)cc3C(C(NC(=O)CC#N)c3cncn3C)=Cc3cccnc32)CC1. The van der Waals surface area contributed by atoms with E-state index in [-0.39, 0.29) is 30.6 Å². The van der Waals surface area contributed by atoms with E-state index in [9.17, 15) is 14.9 Å². The molecule has 1 saturated heterocycles. The molecule has 2 amide bonds. The molecule has 0 radical (unpaired) electrons. The number of nitrogens with zero attached hydrogens (tertiary/aromatic N) is 6. The van der Waals surface area contributed by atoms with Crippen LogP contribution in [0, 0.1) is 11.3 Å². The van der Waals surface area contributed by atoms with E-state index >= 15 is 0 Å². The van der Waals surface area contributed by atoms with Crippen LogP contribution in [0.2, 0.25) is 5.02 Å². The van der Waals surface area contributed by atoms with E-state index < -0.39 is 6.04 Å². The third-order valence-electron chi connectivity index (χ3n) is 7.34. The number of ether oxygens (including phenoxy) is 1. The van der Waals surface area contributed by atoms with Gasteiger partial charge in [-0.05, 0) is 60.4 Å². The van der Waals surface area contributed by atoms with Gasteiger partial charge in [0, 0.05) is 44.4 Å². The minimum absolute atomic E-state index is 0.180. The van der Waals surface area contributed by atoms with Crippen molar-refractivity contribution in [3.63, 3.8) is 0 Å². The van der Waals surface area contributed by atoms with Crippen molar-refractivity contribution in [2.75, 3.05) is 26.2 Å². The van der Waals surface area contributed by atoms with Crippen molar-refractivity contribution in [3.8, 4) is 6.07 Å². The molecule has 212 valence electrons. The zero-order valence-corrected chi connectivity index (χ0v) is 24.0. The van der Waals surface area contributed by atoms with Crippen molar-refractivity contribution in [3.05, 3.63) is 82.2 Å². The van der Waals surface area contributed by atoms with Gasteiger partial charge in [-0.1, -0.05) is 23.7 Å². The molecule has 3 aromatic rings. The van der Waals surface area contributed by atoms with Gasteiger partial charge < -0.3 is 19.5 Å². The predicted octanol–water partition coefficient (Wildman–Crippen LogP) is 4.35. The molecule has 5 rings (SSSR count). The number of nitrogens with one attached hydrogen (secondary N) is 1. The fraction of sp³-hybridized carbons (Fsp3) is 0.367. The van der Waals surface area contributed by atoms with Crippen LogP contribution in [0.4, 0.5) is 4.79 Å². The molecule has 1 aliphatic heterocycles. The molecule has 2 atom stereocenters. The second-order valence-corrected chi connectivity index (χ2v) is 10.9. The topological polar surface area (TPSA) is 116 Å². The third kappa shape index (κ3) is 5.97. The Labute approximate surface area is 244 Å². The van der Waals surface area contributed by atoms with Crippen LogP contribution in [0.3, 0.4) is 0 Å². The number of nitriles is 1. The Kier molecular flexibility index (Phi) is 8.38. The number of halogens is 1. The number of carbonyl (C=O) groups is 2. The summed E-state index contributed by atoms with van der Waals surface area (Å²) in [5.41, 5.74) is 5.20. The maximum Gasteiger partial charge on any atom is 0.410 e. The molecule has 2 unspecified atom stereocenters. The molecule has 0 bridgehead atoms. The van der Waals surface area contributed by atoms with Crippen LogP contribution < -0.4 is 5.32 Å². The summed E-state index contributed by atoms with van der Waals surface area (Å²) in [6, 6.07) is 10.8. The molecule has 1 aliphatic carbocycles. The Morgan fingerprint density at radius 1 is 1.22 bits per heavy atom. The normalized spacial score (nSPS) is 17.5. The second-order valence-electron chi connectivity index (χ2n) is 10.4. The zero-order valence-electron chi connectivity index (χ0n) is 23.2. The second kappa shape index (κ2) is 12.1. The number of carbonyl (C=O) groups excluding carboxylic acids is 2. The first-order chi connectivity index (χ1) is 19.8. The van der Waals surface area contributed by atoms with Crippen LogP contribution in [0.1, 0.15) is 60.4 Å². The molecule has 41 heavy (non-hydrogen) atoms. The number of hydrogen-bond acceptors (Lipinski definition) is 7. The average Bonchev–Trinajstić information content (AvgIpc) is 3.31. The number of imidazole rings is 1. The van der Waals surface area contributed by atoms with Gasteiger partial charge in [-0.25, -0.2) is 9.78 Å². The minimum atomic E-state index is -0.602. The third-order valence-corrected chi connectivity index (χ3v) is 7.58. The lowest BCUT2D eigenvalue weighted by molar-refractivity contribution is -0.120. The van der Waals surface area contributed by atoms with E-state index in [0.29, 0.717) is 31.2 Å². The largest absolute Gasteiger partial charge is 0.447 e. The summed E-state index contributed by atoms with van der Waals surface area (Å²) in [6.07, 6.45) is 6.46. The number of aryl methyl sites for hydroxylation is 1. The Hall–Kier alpha value is -4.20. The van der Waals surface area contributed by atoms with Crippen molar-refractivity contribution < 1.29 is 14.3 Å². The number of rotatable bonds is 6. The molecule has 1 fully saturated rings. The molecule has 1 aromatic carbocycles. The van der Waals surface area contributed by atoms with Gasteiger partial charge >= 0.3 is 6.09 Å². The lowest BCUT2D eigenvalue weighted by atomic mass is 9.89. The van der Waals surface area contributed by atoms with Crippen LogP contribution in [0.25, 0.3) is 11.6 Å². The highest BCUT2D eigenvalue weighted by molar-refractivity contribution is 6.30. The Balaban J connectivity index is 1.60. The highest BCUT2D eigenvalue weighted by Gasteiger charge is 2.36. The summed E-state index contributed by atoms with van der Waals surface area (Å²) in [7, 11) is 1.87. The van der Waals surface area contributed by atoms with E-state index in [0.717, 1.165) is 33.7 Å². The highest BCUT2D eigenvalue weighted by Crippen LogP contribution is 2.44. The molecule has 10 nitrogen and oxygen atoms in total. The van der Waals surface area contributed by atoms with E-state index in [4.69, 9.17) is 21.3 Å². The summed E-state index contributed by atoms with van der Waals surface area (Å²) in [5.74, 6) is -0.389. The fourth-order valence-electron chi connectivity index (χ4n) is 5.48. The summed E-state index contributed by atoms with van der Waals surface area (Å²) in [6.45, 7) is 5.97. The number of benzene rings is 1. The molecule has 0 spiro atoms. The van der Waals surface area contributed by atoms with Crippen molar-refractivity contribution in [1.29, 1.82) is 5.26 Å². The zero-order chi connectivity index (χ0) is 29.1. The van der Waals surface area contributed by atoms with E-state index in [1.807, 2.05) is 67.9 Å². The number of fused-ring (bicyclic) bond motifs is 2. The lowest BCUT2D eigenvalue weighted by Gasteiger charge is -2.39. The van der Waals surface area contributed by atoms with Crippen molar-refractivity contribution in [1.82, 2.24) is 29.7 Å². The van der Waals surface area contributed by atoms with Gasteiger partial charge in [0.05, 0.1) is 48.2 Å². The lowest BCUT2D eigenvalue weighted by Crippen LogP contribution is -2.50. The molecule has 11 heteroatoms. The van der Waals surface area contributed by atoms with Gasteiger partial charge in [0.25, 0.3) is 0 Å². The van der Waals surface area contributed by atoms with Crippen LogP contribution in [0.5, 0.6) is 0 Å². The monoisotopic (exact) mass is 573 g/mol. The van der Waals surface area contributed by atoms with E-state index in [2.05, 4.69) is 15.2 Å². The molecule has 2 aliphatic rings. The van der Waals surface area contributed by atoms with Gasteiger partial charge in [-0.2, -0.15) is 5.26 Å². The van der Waals surface area contributed by atoms with Gasteiger partial charge in [0.1, 0.15) is 6.42 Å². The van der Waals surface area contributed by atoms with Gasteiger partial charge in [-0.15, -0.1) is 0 Å². The fourth-order valence-corrected chi connectivity index (χ4v) is 5.65. The smallest absolute Gasteiger partial charge is 0.410 e. The van der Waals surface area contributed by atoms with Gasteiger partial charge in [-0.3, -0.25) is 14.7 Å². The molecule has 0 saturated carbocycles. The van der Waals surface area contributed by atoms with Crippen molar-refractivity contribution >= 4 is 35.3 Å². The van der Waals surface area contributed by atoms with Gasteiger partial charge in [0.2, 0.25) is 5.91 Å². The minimum Gasteiger partial charge on any atom is -0.447 e. The Morgan fingerprint density at radius 2 is 2.00 bits per heavy atom. The summed E-state index contributed by atoms with van der Waals surface area (Å²) in [5, 5.41) is 12.8. The summed E-state index contributed by atoms with van der Waals surface area (Å²) in [4.78, 5) is 38.6. The maximum absolute atomic E-state index is 12.8. The summed E-state index contributed by atoms with van der Waals surface area (Å²) >= 11 is 6.59. The molecular formula is C30H32ClN7O3. The number of pyridine rings is 1. The predicted molar refractivity (Wildman–Crippen MR) is 154 cm³/mol. The maximum atomic E-state index is 12.8. The van der Waals surface area contributed by atoms with Crippen LogP contribution >= 0.6 is 11.6 Å². The van der Waals surface area contributed by atoms with Crippen molar-refractivity contribution in [2.24, 2.45) is 7.05 Å². The van der Waals surface area contributed by atoms with Crippen LogP contribution in [0.15, 0.2) is 49.1 Å². The number of amides is 2. The first-order valence-corrected chi connectivity index (χ1v) is 13.9. The van der Waals surface area contributed by atoms with Crippen LogP contribution in [-0.2, 0) is 16.6 Å². The van der Waals surface area contributed by atoms with Gasteiger partial charge in [0.15, 0.2) is 0 Å². The quantitative estimate of drug-likeness (QED) is 0.466. The first-order valence-electron chi connectivity index (χ1n) is 13.5. The standard InChI is InChI=1S/C30H32ClN7O3/c1-19(2)41-30(40)38-13-11-37(12-14-38)29-22-7-6-21(31)16-23(22)24(15-20-5-4-10-34-27(20)29)28(35-26(39)8-9-32)25-17-33-18-36(25)3/h4-7,10,15-19,28-29H,8,11-14H2,1-3H3,(H,35,39). The van der Waals surface area contributed by atoms with Crippen LogP contribution in [-0.4, -0.2) is 68.6 Å². The Morgan fingerprint density at radius 3 is 2.68 bits per heavy atom. The molecular weight excluding hydrogens is 542 g/mol. The molecule has 3 heterocycles. The average molecular weight is 574 g/mol. The van der Waals surface area contributed by atoms with Crippen molar-refractivity contribution in [2.45, 2.75) is 38.5 Å². The Bertz CT molecular complexity index is 1520. The van der Waals surface area contributed by atoms with E-state index in [1.54, 1.807) is 23.6 Å². The number of hydrogen-bond donors (Lipinski definition) is 1. The summed E-state index contributed by atoms with van der Waals surface area (Å²) < 4.78 is 7.27. The molecule has 2 aromatic heterocycles. The first kappa shape index (κ1) is 28.3. The highest BCUT2D eigenvalue weighted by atomic mass is 35.5.